The van der Waals surface area contributed by atoms with E-state index in [1.165, 1.54) is 0 Å². The molecule has 1 aromatic carbocycles. The van der Waals surface area contributed by atoms with Gasteiger partial charge in [0.2, 0.25) is 0 Å². The van der Waals surface area contributed by atoms with Gasteiger partial charge in [-0.15, -0.1) is 0 Å². The van der Waals surface area contributed by atoms with E-state index < -0.39 is 11.6 Å². The van der Waals surface area contributed by atoms with Gasteiger partial charge in [0, 0.05) is 0 Å². The normalized spacial score (nSPS) is 9.50. The first-order chi connectivity index (χ1) is 5.65. The summed E-state index contributed by atoms with van der Waals surface area (Å²) in [7, 11) is 0. The zero-order valence-corrected chi connectivity index (χ0v) is 7.53. The van der Waals surface area contributed by atoms with E-state index in [0.717, 1.165) is 12.1 Å². The van der Waals surface area contributed by atoms with Crippen molar-refractivity contribution in [1.82, 2.24) is 0 Å². The van der Waals surface area contributed by atoms with Crippen LogP contribution in [0.15, 0.2) is 16.6 Å². The topological polar surface area (TPSA) is 23.8 Å². The third-order valence-corrected chi connectivity index (χ3v) is 2.08. The van der Waals surface area contributed by atoms with Crippen molar-refractivity contribution < 1.29 is 8.78 Å². The van der Waals surface area contributed by atoms with Crippen molar-refractivity contribution in [1.29, 1.82) is 5.26 Å². The van der Waals surface area contributed by atoms with E-state index in [0.29, 0.717) is 5.56 Å². The van der Waals surface area contributed by atoms with Crippen molar-refractivity contribution in [2.45, 2.75) is 6.42 Å². The van der Waals surface area contributed by atoms with Crippen molar-refractivity contribution >= 4 is 15.9 Å². The van der Waals surface area contributed by atoms with Gasteiger partial charge < -0.3 is 0 Å². The third-order valence-electron chi connectivity index (χ3n) is 1.33. The Kier molecular flexibility index (Phi) is 2.77. The molecular formula is C8H4BrF2N. The average Bonchev–Trinajstić information content (AvgIpc) is 2.01. The fraction of sp³-hybridized carbons (Fsp3) is 0.125. The van der Waals surface area contributed by atoms with Gasteiger partial charge in [0.05, 0.1) is 17.0 Å². The van der Waals surface area contributed by atoms with E-state index in [1.807, 2.05) is 6.07 Å². The first-order valence-electron chi connectivity index (χ1n) is 3.15. The van der Waals surface area contributed by atoms with Crippen molar-refractivity contribution in [3.63, 3.8) is 0 Å². The first-order valence-corrected chi connectivity index (χ1v) is 3.95. The summed E-state index contributed by atoms with van der Waals surface area (Å²) in [6.45, 7) is 0. The molecule has 1 rings (SSSR count). The first kappa shape index (κ1) is 9.14. The molecule has 0 aromatic heterocycles. The van der Waals surface area contributed by atoms with Crippen LogP contribution in [0.2, 0.25) is 0 Å². The highest BCUT2D eigenvalue weighted by atomic mass is 79.9. The zero-order valence-electron chi connectivity index (χ0n) is 5.94. The summed E-state index contributed by atoms with van der Waals surface area (Å²) in [4.78, 5) is 0. The number of rotatable bonds is 1. The van der Waals surface area contributed by atoms with Gasteiger partial charge >= 0.3 is 0 Å². The van der Waals surface area contributed by atoms with Crippen LogP contribution in [0.1, 0.15) is 5.56 Å². The number of benzene rings is 1. The molecule has 0 amide bonds. The minimum atomic E-state index is -0.680. The molecule has 0 aliphatic carbocycles. The molecule has 12 heavy (non-hydrogen) atoms. The molecule has 0 saturated carbocycles. The summed E-state index contributed by atoms with van der Waals surface area (Å²) >= 11 is 2.73. The summed E-state index contributed by atoms with van der Waals surface area (Å²) in [6, 6.07) is 4.08. The van der Waals surface area contributed by atoms with E-state index in [-0.39, 0.29) is 10.9 Å². The molecule has 0 aliphatic heterocycles. The van der Waals surface area contributed by atoms with Gasteiger partial charge in [-0.05, 0) is 33.6 Å². The maximum atomic E-state index is 12.8. The van der Waals surface area contributed by atoms with Crippen molar-refractivity contribution in [3.05, 3.63) is 33.8 Å². The van der Waals surface area contributed by atoms with Crippen LogP contribution < -0.4 is 0 Å². The molecule has 62 valence electrons. The van der Waals surface area contributed by atoms with Crippen LogP contribution >= 0.6 is 15.9 Å². The monoisotopic (exact) mass is 231 g/mol. The highest BCUT2D eigenvalue weighted by Gasteiger charge is 2.07. The Labute approximate surface area is 76.8 Å². The highest BCUT2D eigenvalue weighted by molar-refractivity contribution is 9.10. The SMILES string of the molecule is N#CCc1cc(F)c(Br)c(F)c1. The predicted octanol–water partition coefficient (Wildman–Crippen LogP) is 2.79. The van der Waals surface area contributed by atoms with Crippen molar-refractivity contribution in [2.24, 2.45) is 0 Å². The molecular weight excluding hydrogens is 228 g/mol. The van der Waals surface area contributed by atoms with Gasteiger partial charge in [-0.3, -0.25) is 0 Å². The molecule has 0 saturated heterocycles. The summed E-state index contributed by atoms with van der Waals surface area (Å²) < 4.78 is 25.3. The average molecular weight is 232 g/mol. The number of hydrogen-bond acceptors (Lipinski definition) is 1. The Bertz CT molecular complexity index is 320. The lowest BCUT2D eigenvalue weighted by Gasteiger charge is -1.99. The van der Waals surface area contributed by atoms with E-state index in [4.69, 9.17) is 5.26 Å². The maximum absolute atomic E-state index is 12.8. The molecule has 0 unspecified atom stereocenters. The summed E-state index contributed by atoms with van der Waals surface area (Å²) in [6.07, 6.45) is 0.0150. The Morgan fingerprint density at radius 3 is 2.25 bits per heavy atom. The molecule has 4 heteroatoms. The second kappa shape index (κ2) is 3.63. The van der Waals surface area contributed by atoms with E-state index in [1.54, 1.807) is 0 Å². The number of hydrogen-bond donors (Lipinski definition) is 0. The highest BCUT2D eigenvalue weighted by Crippen LogP contribution is 2.21. The van der Waals surface area contributed by atoms with Crippen LogP contribution in [0.25, 0.3) is 0 Å². The summed E-state index contributed by atoms with van der Waals surface area (Å²) in [5.41, 5.74) is 0.343. The van der Waals surface area contributed by atoms with Gasteiger partial charge in [0.1, 0.15) is 11.6 Å². The Balaban J connectivity index is 3.14. The molecule has 1 aromatic rings. The van der Waals surface area contributed by atoms with Gasteiger partial charge in [0.15, 0.2) is 0 Å². The summed E-state index contributed by atoms with van der Waals surface area (Å²) in [5, 5.41) is 8.26. The lowest BCUT2D eigenvalue weighted by Crippen LogP contribution is -1.89. The molecule has 1 nitrogen and oxygen atoms in total. The zero-order chi connectivity index (χ0) is 9.14. The van der Waals surface area contributed by atoms with Crippen LogP contribution in [0.5, 0.6) is 0 Å². The van der Waals surface area contributed by atoms with Crippen LogP contribution in [-0.4, -0.2) is 0 Å². The van der Waals surface area contributed by atoms with Gasteiger partial charge in [-0.2, -0.15) is 5.26 Å². The van der Waals surface area contributed by atoms with Crippen LogP contribution in [0.4, 0.5) is 8.78 Å². The Hall–Kier alpha value is -0.950. The molecule has 0 atom stereocenters. The number of nitriles is 1. The third kappa shape index (κ3) is 1.80. The smallest absolute Gasteiger partial charge is 0.140 e. The lowest BCUT2D eigenvalue weighted by atomic mass is 10.1. The Morgan fingerprint density at radius 1 is 1.33 bits per heavy atom. The van der Waals surface area contributed by atoms with Crippen molar-refractivity contribution in [3.8, 4) is 6.07 Å². The molecule has 0 fully saturated rings. The Morgan fingerprint density at radius 2 is 1.83 bits per heavy atom. The van der Waals surface area contributed by atoms with Crippen LogP contribution in [0.3, 0.4) is 0 Å². The fourth-order valence-corrected chi connectivity index (χ4v) is 1.03. The van der Waals surface area contributed by atoms with E-state index in [9.17, 15) is 8.78 Å². The van der Waals surface area contributed by atoms with Crippen LogP contribution in [-0.2, 0) is 6.42 Å². The molecule has 0 bridgehead atoms. The minimum absolute atomic E-state index is 0.0150. The number of halogens is 3. The largest absolute Gasteiger partial charge is 0.206 e. The van der Waals surface area contributed by atoms with E-state index >= 15 is 0 Å². The minimum Gasteiger partial charge on any atom is -0.206 e. The fourth-order valence-electron chi connectivity index (χ4n) is 0.801. The summed E-state index contributed by atoms with van der Waals surface area (Å²) in [5.74, 6) is -1.36. The molecule has 0 spiro atoms. The molecule has 0 N–H and O–H groups in total. The predicted molar refractivity (Wildman–Crippen MR) is 43.4 cm³/mol. The molecule has 0 heterocycles. The molecule has 0 aliphatic rings. The maximum Gasteiger partial charge on any atom is 0.140 e. The second-order valence-electron chi connectivity index (χ2n) is 2.21. The van der Waals surface area contributed by atoms with Gasteiger partial charge in [-0.25, -0.2) is 8.78 Å². The number of nitrogens with zero attached hydrogens (tertiary/aromatic N) is 1. The van der Waals surface area contributed by atoms with Crippen molar-refractivity contribution in [2.75, 3.05) is 0 Å². The van der Waals surface area contributed by atoms with Gasteiger partial charge in [-0.1, -0.05) is 0 Å². The quantitative estimate of drug-likeness (QED) is 0.683. The standard InChI is InChI=1S/C8H4BrF2N/c9-8-6(10)3-5(1-2-12)4-7(8)11/h3-4H,1H2. The lowest BCUT2D eigenvalue weighted by molar-refractivity contribution is 0.569. The van der Waals surface area contributed by atoms with Gasteiger partial charge in [0.25, 0.3) is 0 Å². The van der Waals surface area contributed by atoms with Crippen LogP contribution in [0, 0.1) is 23.0 Å². The van der Waals surface area contributed by atoms with E-state index in [2.05, 4.69) is 15.9 Å². The molecule has 0 radical (unpaired) electrons. The second-order valence-corrected chi connectivity index (χ2v) is 3.00.